The first kappa shape index (κ1) is 26.5. The van der Waals surface area contributed by atoms with Crippen LogP contribution >= 0.6 is 11.6 Å². The molecule has 1 atom stereocenters. The maximum absolute atomic E-state index is 13.5. The summed E-state index contributed by atoms with van der Waals surface area (Å²) in [5, 5.41) is 3.20. The Morgan fingerprint density at radius 2 is 1.82 bits per heavy atom. The number of benzene rings is 2. The minimum atomic E-state index is -3.81. The summed E-state index contributed by atoms with van der Waals surface area (Å²) in [6.07, 6.45) is 1.37. The molecule has 180 valence electrons. The van der Waals surface area contributed by atoms with Crippen molar-refractivity contribution in [3.63, 3.8) is 0 Å². The van der Waals surface area contributed by atoms with Crippen molar-refractivity contribution in [3.8, 4) is 5.75 Å². The molecule has 1 N–H and O–H groups in total. The van der Waals surface area contributed by atoms with Gasteiger partial charge < -0.3 is 15.0 Å². The highest BCUT2D eigenvalue weighted by atomic mass is 35.5. The number of likely N-dealkylation sites (N-methyl/N-ethyl adjacent to an activating group) is 1. The van der Waals surface area contributed by atoms with Gasteiger partial charge in [-0.2, -0.15) is 0 Å². The van der Waals surface area contributed by atoms with E-state index in [9.17, 15) is 18.0 Å². The van der Waals surface area contributed by atoms with E-state index in [0.717, 1.165) is 10.6 Å². The second-order valence-corrected chi connectivity index (χ2v) is 9.72. The van der Waals surface area contributed by atoms with Gasteiger partial charge in [-0.15, -0.1) is 0 Å². The third-order valence-electron chi connectivity index (χ3n) is 5.06. The number of amides is 2. The van der Waals surface area contributed by atoms with Crippen LogP contribution in [0.4, 0.5) is 5.69 Å². The summed E-state index contributed by atoms with van der Waals surface area (Å²) >= 11 is 6.31. The second-order valence-electron chi connectivity index (χ2n) is 7.40. The summed E-state index contributed by atoms with van der Waals surface area (Å²) in [6.45, 7) is 3.57. The smallest absolute Gasteiger partial charge is 0.244 e. The number of nitrogens with one attached hydrogen (secondary N) is 1. The van der Waals surface area contributed by atoms with E-state index in [0.29, 0.717) is 29.3 Å². The predicted molar refractivity (Wildman–Crippen MR) is 130 cm³/mol. The Morgan fingerprint density at radius 3 is 2.39 bits per heavy atom. The molecule has 0 saturated carbocycles. The first-order valence-electron chi connectivity index (χ1n) is 10.5. The number of carbonyl (C=O) groups excluding carboxylic acids is 2. The lowest BCUT2D eigenvalue weighted by Crippen LogP contribution is -2.52. The Labute approximate surface area is 200 Å². The van der Waals surface area contributed by atoms with E-state index in [4.69, 9.17) is 16.3 Å². The van der Waals surface area contributed by atoms with Crippen LogP contribution in [0, 0.1) is 0 Å². The molecule has 0 aliphatic rings. The zero-order chi connectivity index (χ0) is 24.6. The van der Waals surface area contributed by atoms with Crippen molar-refractivity contribution in [1.29, 1.82) is 0 Å². The van der Waals surface area contributed by atoms with Crippen molar-refractivity contribution in [2.75, 3.05) is 30.8 Å². The molecule has 10 heteroatoms. The highest BCUT2D eigenvalue weighted by Gasteiger charge is 2.32. The van der Waals surface area contributed by atoms with Gasteiger partial charge in [-0.05, 0) is 37.1 Å². The summed E-state index contributed by atoms with van der Waals surface area (Å²) in [7, 11) is -2.34. The Hall–Kier alpha value is -2.78. The van der Waals surface area contributed by atoms with Gasteiger partial charge in [0, 0.05) is 24.2 Å². The Bertz CT molecular complexity index is 1080. The molecule has 0 spiro atoms. The quantitative estimate of drug-likeness (QED) is 0.517. The lowest BCUT2D eigenvalue weighted by molar-refractivity contribution is -0.140. The molecule has 0 aliphatic carbocycles. The van der Waals surface area contributed by atoms with E-state index in [1.165, 1.54) is 18.1 Å². The van der Waals surface area contributed by atoms with Crippen LogP contribution in [0.1, 0.15) is 25.8 Å². The summed E-state index contributed by atoms with van der Waals surface area (Å²) in [4.78, 5) is 27.6. The van der Waals surface area contributed by atoms with E-state index < -0.39 is 28.5 Å². The zero-order valence-corrected chi connectivity index (χ0v) is 20.8. The molecule has 33 heavy (non-hydrogen) atoms. The maximum atomic E-state index is 13.5. The van der Waals surface area contributed by atoms with Crippen LogP contribution in [0.2, 0.25) is 5.02 Å². The van der Waals surface area contributed by atoms with Crippen molar-refractivity contribution < 1.29 is 22.7 Å². The molecular weight excluding hydrogens is 466 g/mol. The fourth-order valence-electron chi connectivity index (χ4n) is 3.40. The molecule has 0 aromatic heterocycles. The highest BCUT2D eigenvalue weighted by molar-refractivity contribution is 7.92. The number of hydrogen-bond donors (Lipinski definition) is 1. The molecule has 2 amide bonds. The SMILES string of the molecule is CCNC(=O)[C@@H](CC)N(Cc1ccccc1Cl)C(=O)CN(c1cccc(OC)c1)S(C)(=O)=O. The molecule has 2 aromatic rings. The summed E-state index contributed by atoms with van der Waals surface area (Å²) in [6, 6.07) is 12.7. The summed E-state index contributed by atoms with van der Waals surface area (Å²) in [5.74, 6) is -0.385. The van der Waals surface area contributed by atoms with Crippen molar-refractivity contribution >= 4 is 39.1 Å². The number of carbonyl (C=O) groups is 2. The standard InChI is InChI=1S/C23H30ClN3O5S/c1-5-21(23(29)25-6-2)26(15-17-10-7-8-13-20(17)24)22(28)16-27(33(4,30)31)18-11-9-12-19(14-18)32-3/h7-14,21H,5-6,15-16H2,1-4H3,(H,25,29)/t21-/m1/s1. The summed E-state index contributed by atoms with van der Waals surface area (Å²) in [5.41, 5.74) is 0.941. The Kier molecular flexibility index (Phi) is 9.55. The molecule has 0 aliphatic heterocycles. The van der Waals surface area contributed by atoms with Gasteiger partial charge in [0.2, 0.25) is 21.8 Å². The fraction of sp³-hybridized carbons (Fsp3) is 0.391. The van der Waals surface area contributed by atoms with Crippen LogP contribution < -0.4 is 14.4 Å². The van der Waals surface area contributed by atoms with E-state index in [-0.39, 0.29) is 18.1 Å². The number of sulfonamides is 1. The Balaban J connectivity index is 2.46. The van der Waals surface area contributed by atoms with Gasteiger partial charge >= 0.3 is 0 Å². The molecule has 0 heterocycles. The fourth-order valence-corrected chi connectivity index (χ4v) is 4.44. The predicted octanol–water partition coefficient (Wildman–Crippen LogP) is 3.06. The number of nitrogens with zero attached hydrogens (tertiary/aromatic N) is 2. The monoisotopic (exact) mass is 495 g/mol. The first-order valence-corrected chi connectivity index (χ1v) is 12.8. The molecule has 0 radical (unpaired) electrons. The van der Waals surface area contributed by atoms with Crippen LogP contribution in [0.15, 0.2) is 48.5 Å². The zero-order valence-electron chi connectivity index (χ0n) is 19.2. The van der Waals surface area contributed by atoms with E-state index in [2.05, 4.69) is 5.32 Å². The third-order valence-corrected chi connectivity index (χ3v) is 6.57. The molecule has 2 aromatic carbocycles. The van der Waals surface area contributed by atoms with Crippen molar-refractivity contribution in [3.05, 3.63) is 59.1 Å². The van der Waals surface area contributed by atoms with Crippen LogP contribution in [0.5, 0.6) is 5.75 Å². The number of methoxy groups -OCH3 is 1. The molecule has 0 bridgehead atoms. The average Bonchev–Trinajstić information content (AvgIpc) is 2.77. The van der Waals surface area contributed by atoms with Crippen LogP contribution in [-0.2, 0) is 26.2 Å². The van der Waals surface area contributed by atoms with Crippen molar-refractivity contribution in [1.82, 2.24) is 10.2 Å². The largest absolute Gasteiger partial charge is 0.497 e. The maximum Gasteiger partial charge on any atom is 0.244 e. The topological polar surface area (TPSA) is 96.0 Å². The number of ether oxygens (including phenoxy) is 1. The number of hydrogen-bond acceptors (Lipinski definition) is 5. The van der Waals surface area contributed by atoms with Crippen molar-refractivity contribution in [2.24, 2.45) is 0 Å². The van der Waals surface area contributed by atoms with Gasteiger partial charge in [0.1, 0.15) is 18.3 Å². The normalized spacial score (nSPS) is 12.0. The van der Waals surface area contributed by atoms with E-state index >= 15 is 0 Å². The van der Waals surface area contributed by atoms with E-state index in [1.807, 2.05) is 0 Å². The molecule has 8 nitrogen and oxygen atoms in total. The third kappa shape index (κ3) is 7.10. The van der Waals surface area contributed by atoms with Gasteiger partial charge in [0.25, 0.3) is 0 Å². The van der Waals surface area contributed by atoms with Crippen molar-refractivity contribution in [2.45, 2.75) is 32.9 Å². The molecule has 0 fully saturated rings. The number of anilines is 1. The minimum absolute atomic E-state index is 0.0594. The van der Waals surface area contributed by atoms with Crippen LogP contribution in [0.3, 0.4) is 0 Å². The lowest BCUT2D eigenvalue weighted by Gasteiger charge is -2.33. The van der Waals surface area contributed by atoms with Gasteiger partial charge in [-0.25, -0.2) is 8.42 Å². The van der Waals surface area contributed by atoms with Gasteiger partial charge in [0.05, 0.1) is 19.1 Å². The lowest BCUT2D eigenvalue weighted by atomic mass is 10.1. The second kappa shape index (κ2) is 11.9. The minimum Gasteiger partial charge on any atom is -0.497 e. The summed E-state index contributed by atoms with van der Waals surface area (Å²) < 4.78 is 31.4. The van der Waals surface area contributed by atoms with Gasteiger partial charge in [-0.3, -0.25) is 13.9 Å². The number of rotatable bonds is 11. The first-order chi connectivity index (χ1) is 15.6. The van der Waals surface area contributed by atoms with Crippen LogP contribution in [0.25, 0.3) is 0 Å². The Morgan fingerprint density at radius 1 is 1.12 bits per heavy atom. The van der Waals surface area contributed by atoms with Crippen LogP contribution in [-0.4, -0.2) is 57.6 Å². The average molecular weight is 496 g/mol. The molecule has 0 unspecified atom stereocenters. The van der Waals surface area contributed by atoms with Gasteiger partial charge in [0.15, 0.2) is 0 Å². The molecular formula is C23H30ClN3O5S. The highest BCUT2D eigenvalue weighted by Crippen LogP contribution is 2.25. The van der Waals surface area contributed by atoms with E-state index in [1.54, 1.807) is 56.3 Å². The molecule has 0 saturated heterocycles. The molecule has 2 rings (SSSR count). The number of halogens is 1. The van der Waals surface area contributed by atoms with Gasteiger partial charge in [-0.1, -0.05) is 42.8 Å².